The van der Waals surface area contributed by atoms with Crippen LogP contribution in [0.4, 0.5) is 10.5 Å². The fourth-order valence-electron chi connectivity index (χ4n) is 4.06. The molecule has 7 nitrogen and oxygen atoms in total. The van der Waals surface area contributed by atoms with Crippen LogP contribution in [0, 0.1) is 0 Å². The number of hydrogen-bond donors (Lipinski definition) is 2. The van der Waals surface area contributed by atoms with Crippen molar-refractivity contribution < 1.29 is 19.4 Å². The maximum atomic E-state index is 12.3. The van der Waals surface area contributed by atoms with E-state index in [1.165, 1.54) is 7.11 Å². The maximum absolute atomic E-state index is 12.3. The first kappa shape index (κ1) is 19.0. The molecule has 1 unspecified atom stereocenters. The highest BCUT2D eigenvalue weighted by Crippen LogP contribution is 2.36. The number of anilines is 1. The molecule has 3 aromatic rings. The number of methoxy groups -OCH3 is 1. The van der Waals surface area contributed by atoms with Gasteiger partial charge in [-0.3, -0.25) is 9.69 Å². The number of carbonyl (C=O) groups is 2. The number of carboxylic acids is 1. The van der Waals surface area contributed by atoms with Gasteiger partial charge in [-0.05, 0) is 37.5 Å². The van der Waals surface area contributed by atoms with Crippen LogP contribution in [0.5, 0.6) is 0 Å². The molecule has 7 heteroatoms. The fourth-order valence-corrected chi connectivity index (χ4v) is 4.06. The molecule has 0 aliphatic carbocycles. The van der Waals surface area contributed by atoms with Crippen molar-refractivity contribution in [1.82, 2.24) is 9.97 Å². The van der Waals surface area contributed by atoms with Crippen molar-refractivity contribution in [2.45, 2.75) is 38.1 Å². The predicted molar refractivity (Wildman–Crippen MR) is 109 cm³/mol. The number of H-pyrrole nitrogens is 1. The molecule has 1 amide bonds. The van der Waals surface area contributed by atoms with E-state index >= 15 is 0 Å². The number of carboxylic acid groups (broad SMARTS) is 1. The first-order chi connectivity index (χ1) is 14.0. The Morgan fingerprint density at radius 1 is 1.28 bits per heavy atom. The van der Waals surface area contributed by atoms with E-state index in [4.69, 9.17) is 9.72 Å². The van der Waals surface area contributed by atoms with Gasteiger partial charge in [0.05, 0.1) is 29.7 Å². The maximum Gasteiger partial charge on any atom is 0.414 e. The van der Waals surface area contributed by atoms with Crippen molar-refractivity contribution in [2.75, 3.05) is 12.0 Å². The summed E-state index contributed by atoms with van der Waals surface area (Å²) in [5.41, 5.74) is 4.16. The highest BCUT2D eigenvalue weighted by Gasteiger charge is 2.31. The standard InChI is InChI=1S/C22H23N3O4/c1-13-8-9-15-18(25(13)22(28)29-2)11-10-17-20(15)24-19(23-17)12-16(21(26)27)14-6-4-3-5-7-14/h3-7,10-11,13,16H,8-9,12H2,1-2H3,(H,23,24)(H,26,27)/t13-,16?/m0/s1. The Morgan fingerprint density at radius 2 is 2.03 bits per heavy atom. The lowest BCUT2D eigenvalue weighted by molar-refractivity contribution is -0.138. The average molecular weight is 393 g/mol. The Balaban J connectivity index is 1.72. The summed E-state index contributed by atoms with van der Waals surface area (Å²) in [5, 5.41) is 9.71. The summed E-state index contributed by atoms with van der Waals surface area (Å²) in [5.74, 6) is -0.948. The highest BCUT2D eigenvalue weighted by molar-refractivity contribution is 5.95. The molecule has 2 aromatic carbocycles. The monoisotopic (exact) mass is 393 g/mol. The van der Waals surface area contributed by atoms with Gasteiger partial charge in [-0.15, -0.1) is 0 Å². The summed E-state index contributed by atoms with van der Waals surface area (Å²) >= 11 is 0. The van der Waals surface area contributed by atoms with Crippen LogP contribution in [0.2, 0.25) is 0 Å². The number of ether oxygens (including phenoxy) is 1. The molecule has 4 rings (SSSR count). The SMILES string of the molecule is COC(=O)N1c2ccc3[nH]c(CC(C(=O)O)c4ccccc4)nc3c2CC[C@@H]1C. The summed E-state index contributed by atoms with van der Waals surface area (Å²) in [4.78, 5) is 33.8. The van der Waals surface area contributed by atoms with Crippen molar-refractivity contribution in [1.29, 1.82) is 0 Å². The van der Waals surface area contributed by atoms with Gasteiger partial charge >= 0.3 is 12.1 Å². The third-order valence-electron chi connectivity index (χ3n) is 5.56. The normalized spacial score (nSPS) is 17.0. The van der Waals surface area contributed by atoms with Gasteiger partial charge in [-0.25, -0.2) is 9.78 Å². The minimum Gasteiger partial charge on any atom is -0.481 e. The molecule has 0 fully saturated rings. The van der Waals surface area contributed by atoms with E-state index in [1.807, 2.05) is 49.4 Å². The third kappa shape index (κ3) is 3.44. The number of nitrogens with zero attached hydrogens (tertiary/aromatic N) is 2. The second-order valence-electron chi connectivity index (χ2n) is 7.38. The molecule has 1 aliphatic heterocycles. The first-order valence-electron chi connectivity index (χ1n) is 9.65. The zero-order chi connectivity index (χ0) is 20.5. The van der Waals surface area contributed by atoms with Gasteiger partial charge in [0, 0.05) is 18.0 Å². The Hall–Kier alpha value is -3.35. The van der Waals surface area contributed by atoms with Gasteiger partial charge in [0.15, 0.2) is 0 Å². The molecule has 0 bridgehead atoms. The van der Waals surface area contributed by atoms with Crippen LogP contribution >= 0.6 is 0 Å². The minimum absolute atomic E-state index is 0.0419. The zero-order valence-corrected chi connectivity index (χ0v) is 16.4. The Kier molecular flexibility index (Phi) is 4.96. The largest absolute Gasteiger partial charge is 0.481 e. The Labute approximate surface area is 168 Å². The van der Waals surface area contributed by atoms with Gasteiger partial charge in [0.2, 0.25) is 0 Å². The van der Waals surface area contributed by atoms with Crippen LogP contribution in [-0.2, 0) is 22.4 Å². The lowest BCUT2D eigenvalue weighted by atomic mass is 9.95. The number of aromatic nitrogens is 2. The Morgan fingerprint density at radius 3 is 2.72 bits per heavy atom. The number of aliphatic carboxylic acids is 1. The van der Waals surface area contributed by atoms with E-state index in [0.717, 1.165) is 40.7 Å². The first-order valence-corrected chi connectivity index (χ1v) is 9.65. The molecule has 150 valence electrons. The number of fused-ring (bicyclic) bond motifs is 3. The number of benzene rings is 2. The number of hydrogen-bond acceptors (Lipinski definition) is 4. The van der Waals surface area contributed by atoms with Gasteiger partial charge < -0.3 is 14.8 Å². The smallest absolute Gasteiger partial charge is 0.414 e. The summed E-state index contributed by atoms with van der Waals surface area (Å²) in [6.07, 6.45) is 1.49. The van der Waals surface area contributed by atoms with E-state index in [1.54, 1.807) is 4.90 Å². The second kappa shape index (κ2) is 7.58. The van der Waals surface area contributed by atoms with Crippen molar-refractivity contribution in [3.05, 3.63) is 59.4 Å². The van der Waals surface area contributed by atoms with Gasteiger partial charge in [-0.1, -0.05) is 30.3 Å². The van der Waals surface area contributed by atoms with Gasteiger partial charge in [0.1, 0.15) is 5.82 Å². The molecule has 0 spiro atoms. The molecule has 29 heavy (non-hydrogen) atoms. The summed E-state index contributed by atoms with van der Waals surface area (Å²) < 4.78 is 4.96. The fraction of sp³-hybridized carbons (Fsp3) is 0.318. The number of rotatable bonds is 4. The number of carbonyl (C=O) groups excluding carboxylic acids is 1. The number of imidazole rings is 1. The van der Waals surface area contributed by atoms with E-state index in [2.05, 4.69) is 4.98 Å². The second-order valence-corrected chi connectivity index (χ2v) is 7.38. The quantitative estimate of drug-likeness (QED) is 0.701. The number of amides is 1. The molecule has 2 N–H and O–H groups in total. The van der Waals surface area contributed by atoms with Crippen molar-refractivity contribution in [2.24, 2.45) is 0 Å². The molecular formula is C22H23N3O4. The van der Waals surface area contributed by atoms with Crippen molar-refractivity contribution in [3.63, 3.8) is 0 Å². The van der Waals surface area contributed by atoms with Crippen LogP contribution in [0.3, 0.4) is 0 Å². The third-order valence-corrected chi connectivity index (χ3v) is 5.56. The predicted octanol–water partition coefficient (Wildman–Crippen LogP) is 3.88. The average Bonchev–Trinajstić information content (AvgIpc) is 3.14. The van der Waals surface area contributed by atoms with E-state index in [-0.39, 0.29) is 18.6 Å². The molecule has 0 saturated carbocycles. The van der Waals surface area contributed by atoms with Gasteiger partial charge in [-0.2, -0.15) is 0 Å². The van der Waals surface area contributed by atoms with E-state index in [9.17, 15) is 14.7 Å². The van der Waals surface area contributed by atoms with Crippen LogP contribution in [0.1, 0.15) is 36.2 Å². The summed E-state index contributed by atoms with van der Waals surface area (Å²) in [7, 11) is 1.38. The number of nitrogens with one attached hydrogen (secondary N) is 1. The number of aromatic amines is 1. The zero-order valence-electron chi connectivity index (χ0n) is 16.4. The Bertz CT molecular complexity index is 1060. The lowest BCUT2D eigenvalue weighted by Gasteiger charge is -2.34. The topological polar surface area (TPSA) is 95.5 Å². The molecule has 1 aliphatic rings. The molecule has 2 atom stereocenters. The molecular weight excluding hydrogens is 370 g/mol. The van der Waals surface area contributed by atoms with E-state index in [0.29, 0.717) is 5.82 Å². The number of aryl methyl sites for hydroxylation is 1. The van der Waals surface area contributed by atoms with Crippen molar-refractivity contribution >= 4 is 28.8 Å². The molecule has 0 saturated heterocycles. The van der Waals surface area contributed by atoms with Gasteiger partial charge in [0.25, 0.3) is 0 Å². The van der Waals surface area contributed by atoms with Crippen LogP contribution in [0.25, 0.3) is 11.0 Å². The summed E-state index contributed by atoms with van der Waals surface area (Å²) in [6, 6.07) is 13.0. The van der Waals surface area contributed by atoms with Crippen LogP contribution in [-0.4, -0.2) is 40.3 Å². The minimum atomic E-state index is -0.885. The highest BCUT2D eigenvalue weighted by atomic mass is 16.5. The molecule has 0 radical (unpaired) electrons. The van der Waals surface area contributed by atoms with Crippen molar-refractivity contribution in [3.8, 4) is 0 Å². The summed E-state index contributed by atoms with van der Waals surface area (Å²) in [6.45, 7) is 2.00. The lowest BCUT2D eigenvalue weighted by Crippen LogP contribution is -2.42. The molecule has 2 heterocycles. The molecule has 1 aromatic heterocycles. The van der Waals surface area contributed by atoms with E-state index < -0.39 is 11.9 Å². The van der Waals surface area contributed by atoms with Crippen LogP contribution < -0.4 is 4.90 Å². The van der Waals surface area contributed by atoms with Crippen LogP contribution in [0.15, 0.2) is 42.5 Å².